The number of aryl methyl sites for hydroxylation is 1. The van der Waals surface area contributed by atoms with Crippen molar-refractivity contribution in [3.63, 3.8) is 0 Å². The minimum Gasteiger partial charge on any atom is -0.450 e. The molecular weight excluding hydrogens is 330 g/mol. The van der Waals surface area contributed by atoms with Crippen molar-refractivity contribution in [2.45, 2.75) is 25.8 Å². The van der Waals surface area contributed by atoms with E-state index in [1.165, 1.54) is 5.56 Å². The molecule has 3 aromatic rings. The molecule has 0 saturated heterocycles. The molecule has 0 aliphatic carbocycles. The Balaban J connectivity index is 1.43. The number of ether oxygens (including phenoxy) is 1. The highest BCUT2D eigenvalue weighted by atomic mass is 16.5. The minimum atomic E-state index is -0.645. The molecule has 134 valence electrons. The maximum atomic E-state index is 12.0. The number of para-hydroxylation sites is 1. The summed E-state index contributed by atoms with van der Waals surface area (Å²) in [7, 11) is 0. The van der Waals surface area contributed by atoms with Crippen LogP contribution in [-0.2, 0) is 16.0 Å². The van der Waals surface area contributed by atoms with Crippen LogP contribution in [0.25, 0.3) is 11.0 Å². The molecule has 5 nitrogen and oxygen atoms in total. The fraction of sp³-hybridized carbons (Fsp3) is 0.238. The van der Waals surface area contributed by atoms with Gasteiger partial charge < -0.3 is 14.5 Å². The van der Waals surface area contributed by atoms with Crippen LogP contribution in [0.1, 0.15) is 29.5 Å². The number of amides is 1. The monoisotopic (exact) mass is 351 g/mol. The second-order valence-electron chi connectivity index (χ2n) is 6.22. The van der Waals surface area contributed by atoms with Crippen molar-refractivity contribution >= 4 is 22.8 Å². The second-order valence-corrected chi connectivity index (χ2v) is 6.22. The van der Waals surface area contributed by atoms with Crippen LogP contribution in [0.5, 0.6) is 0 Å². The zero-order valence-electron chi connectivity index (χ0n) is 14.6. The van der Waals surface area contributed by atoms with Gasteiger partial charge in [-0.1, -0.05) is 48.5 Å². The Morgan fingerprint density at radius 2 is 1.81 bits per heavy atom. The van der Waals surface area contributed by atoms with E-state index in [4.69, 9.17) is 9.15 Å². The molecule has 1 aromatic heterocycles. The molecule has 0 radical (unpaired) electrons. The molecule has 5 heteroatoms. The molecular formula is C21H21NO4. The summed E-state index contributed by atoms with van der Waals surface area (Å²) in [4.78, 5) is 24.0. The molecule has 0 fully saturated rings. The van der Waals surface area contributed by atoms with Gasteiger partial charge in [-0.2, -0.15) is 0 Å². The van der Waals surface area contributed by atoms with Gasteiger partial charge in [0.15, 0.2) is 6.61 Å². The lowest BCUT2D eigenvalue weighted by atomic mass is 10.1. The molecule has 0 aliphatic heterocycles. The summed E-state index contributed by atoms with van der Waals surface area (Å²) in [6.07, 6.45) is 1.69. The Morgan fingerprint density at radius 3 is 2.58 bits per heavy atom. The Morgan fingerprint density at radius 1 is 1.08 bits per heavy atom. The van der Waals surface area contributed by atoms with Gasteiger partial charge in [-0.15, -0.1) is 0 Å². The van der Waals surface area contributed by atoms with Crippen molar-refractivity contribution in [3.05, 3.63) is 72.0 Å². The number of furan rings is 1. The summed E-state index contributed by atoms with van der Waals surface area (Å²) < 4.78 is 10.5. The van der Waals surface area contributed by atoms with Crippen LogP contribution in [0.15, 0.2) is 65.1 Å². The van der Waals surface area contributed by atoms with E-state index in [-0.39, 0.29) is 24.3 Å². The molecule has 26 heavy (non-hydrogen) atoms. The Labute approximate surface area is 152 Å². The molecule has 0 spiro atoms. The number of hydrogen-bond donors (Lipinski definition) is 1. The number of nitrogens with one attached hydrogen (secondary N) is 1. The summed E-state index contributed by atoms with van der Waals surface area (Å²) in [5.74, 6) is -0.876. The molecule has 1 atom stereocenters. The summed E-state index contributed by atoms with van der Waals surface area (Å²) >= 11 is 0. The van der Waals surface area contributed by atoms with Crippen molar-refractivity contribution < 1.29 is 18.7 Å². The van der Waals surface area contributed by atoms with Gasteiger partial charge in [0.2, 0.25) is 5.76 Å². The van der Waals surface area contributed by atoms with Crippen molar-refractivity contribution in [1.82, 2.24) is 5.32 Å². The van der Waals surface area contributed by atoms with Crippen LogP contribution < -0.4 is 5.32 Å². The van der Waals surface area contributed by atoms with E-state index >= 15 is 0 Å². The lowest BCUT2D eigenvalue weighted by Gasteiger charge is -2.13. The topological polar surface area (TPSA) is 68.5 Å². The largest absolute Gasteiger partial charge is 0.450 e. The standard InChI is InChI=1S/C21H21NO4/c1-15(11-12-16-7-3-2-4-8-16)22-20(23)14-25-21(24)19-13-17-9-5-6-10-18(17)26-19/h2-10,13,15H,11-12,14H2,1H3,(H,22,23)/t15-/m0/s1. The smallest absolute Gasteiger partial charge is 0.374 e. The molecule has 0 aliphatic rings. The maximum Gasteiger partial charge on any atom is 0.374 e. The van der Waals surface area contributed by atoms with E-state index in [1.54, 1.807) is 12.1 Å². The van der Waals surface area contributed by atoms with Gasteiger partial charge in [0.1, 0.15) is 5.58 Å². The average molecular weight is 351 g/mol. The zero-order valence-corrected chi connectivity index (χ0v) is 14.6. The van der Waals surface area contributed by atoms with Crippen LogP contribution in [0.3, 0.4) is 0 Å². The van der Waals surface area contributed by atoms with Gasteiger partial charge in [0, 0.05) is 11.4 Å². The number of carbonyl (C=O) groups is 2. The van der Waals surface area contributed by atoms with Gasteiger partial charge in [0.25, 0.3) is 5.91 Å². The molecule has 2 aromatic carbocycles. The third-order valence-electron chi connectivity index (χ3n) is 4.08. The fourth-order valence-corrected chi connectivity index (χ4v) is 2.70. The van der Waals surface area contributed by atoms with Gasteiger partial charge in [-0.3, -0.25) is 4.79 Å². The maximum absolute atomic E-state index is 12.0. The summed E-state index contributed by atoms with van der Waals surface area (Å²) in [6, 6.07) is 19.0. The van der Waals surface area contributed by atoms with Crippen LogP contribution in [0.4, 0.5) is 0 Å². The van der Waals surface area contributed by atoms with Crippen molar-refractivity contribution in [2.75, 3.05) is 6.61 Å². The molecule has 1 amide bonds. The predicted octanol–water partition coefficient (Wildman–Crippen LogP) is 3.73. The van der Waals surface area contributed by atoms with Crippen molar-refractivity contribution in [3.8, 4) is 0 Å². The first-order chi connectivity index (χ1) is 12.6. The first kappa shape index (κ1) is 17.7. The zero-order chi connectivity index (χ0) is 18.4. The van der Waals surface area contributed by atoms with E-state index in [2.05, 4.69) is 17.4 Å². The molecule has 0 unspecified atom stereocenters. The number of fused-ring (bicyclic) bond motifs is 1. The number of carbonyl (C=O) groups excluding carboxylic acids is 2. The number of esters is 1. The van der Waals surface area contributed by atoms with Crippen molar-refractivity contribution in [1.29, 1.82) is 0 Å². The third kappa shape index (κ3) is 4.72. The second kappa shape index (κ2) is 8.34. The van der Waals surface area contributed by atoms with Gasteiger partial charge in [-0.25, -0.2) is 4.79 Å². The highest BCUT2D eigenvalue weighted by Gasteiger charge is 2.16. The molecule has 3 rings (SSSR count). The van der Waals surface area contributed by atoms with E-state index in [9.17, 15) is 9.59 Å². The first-order valence-corrected chi connectivity index (χ1v) is 8.61. The lowest BCUT2D eigenvalue weighted by Crippen LogP contribution is -2.36. The van der Waals surface area contributed by atoms with Crippen LogP contribution >= 0.6 is 0 Å². The Bertz CT molecular complexity index is 852. The first-order valence-electron chi connectivity index (χ1n) is 8.61. The summed E-state index contributed by atoms with van der Waals surface area (Å²) in [5, 5.41) is 3.65. The summed E-state index contributed by atoms with van der Waals surface area (Å²) in [5.41, 5.74) is 1.84. The summed E-state index contributed by atoms with van der Waals surface area (Å²) in [6.45, 7) is 1.60. The number of rotatable bonds is 7. The molecule has 0 bridgehead atoms. The van der Waals surface area contributed by atoms with Crippen molar-refractivity contribution in [2.24, 2.45) is 0 Å². The van der Waals surface area contributed by atoms with E-state index in [1.807, 2.05) is 43.3 Å². The lowest BCUT2D eigenvalue weighted by molar-refractivity contribution is -0.124. The predicted molar refractivity (Wildman–Crippen MR) is 98.9 cm³/mol. The minimum absolute atomic E-state index is 0.00684. The highest BCUT2D eigenvalue weighted by Crippen LogP contribution is 2.19. The van der Waals surface area contributed by atoms with Crippen LogP contribution in [0, 0.1) is 0 Å². The van der Waals surface area contributed by atoms with Gasteiger partial charge in [0.05, 0.1) is 0 Å². The van der Waals surface area contributed by atoms with E-state index < -0.39 is 5.97 Å². The van der Waals surface area contributed by atoms with Gasteiger partial charge in [-0.05, 0) is 37.5 Å². The quantitative estimate of drug-likeness (QED) is 0.659. The number of hydrogen-bond acceptors (Lipinski definition) is 4. The third-order valence-corrected chi connectivity index (χ3v) is 4.08. The SMILES string of the molecule is C[C@@H](CCc1ccccc1)NC(=O)COC(=O)c1cc2ccccc2o1. The fourth-order valence-electron chi connectivity index (χ4n) is 2.70. The van der Waals surface area contributed by atoms with E-state index in [0.29, 0.717) is 5.58 Å². The average Bonchev–Trinajstić information content (AvgIpc) is 3.09. The molecule has 0 saturated carbocycles. The molecule has 1 heterocycles. The van der Waals surface area contributed by atoms with Gasteiger partial charge >= 0.3 is 5.97 Å². The van der Waals surface area contributed by atoms with Crippen LogP contribution in [0.2, 0.25) is 0 Å². The Kier molecular flexibility index (Phi) is 5.69. The number of benzene rings is 2. The highest BCUT2D eigenvalue weighted by molar-refractivity contribution is 5.93. The molecule has 1 N–H and O–H groups in total. The Hall–Kier alpha value is -3.08. The normalized spacial score (nSPS) is 11.9. The van der Waals surface area contributed by atoms with Crippen LogP contribution in [-0.4, -0.2) is 24.5 Å². The van der Waals surface area contributed by atoms with E-state index in [0.717, 1.165) is 18.2 Å².